The summed E-state index contributed by atoms with van der Waals surface area (Å²) in [6, 6.07) is 2.13. The van der Waals surface area contributed by atoms with Gasteiger partial charge in [0.1, 0.15) is 23.5 Å². The molecule has 1 saturated carbocycles. The van der Waals surface area contributed by atoms with Gasteiger partial charge >= 0.3 is 5.97 Å². The molecular weight excluding hydrogens is 340 g/mol. The van der Waals surface area contributed by atoms with Gasteiger partial charge in [-0.1, -0.05) is 0 Å². The zero-order valence-electron chi connectivity index (χ0n) is 14.4. The lowest BCUT2D eigenvalue weighted by atomic mass is 9.80. The monoisotopic (exact) mass is 359 g/mol. The minimum atomic E-state index is -0.637. The van der Waals surface area contributed by atoms with Crippen molar-refractivity contribution in [2.45, 2.75) is 38.5 Å². The lowest BCUT2D eigenvalue weighted by Crippen LogP contribution is -2.23. The molecule has 3 aromatic rings. The van der Waals surface area contributed by atoms with Gasteiger partial charge in [0.2, 0.25) is 0 Å². The number of rotatable bonds is 3. The molecule has 0 aliphatic heterocycles. The van der Waals surface area contributed by atoms with Crippen LogP contribution in [0.15, 0.2) is 18.5 Å². The molecule has 0 saturated heterocycles. The molecule has 0 radical (unpaired) electrons. The predicted molar refractivity (Wildman–Crippen MR) is 92.6 cm³/mol. The average molecular weight is 359 g/mol. The normalized spacial score (nSPS) is 20.6. The lowest BCUT2D eigenvalue weighted by Gasteiger charge is -2.26. The van der Waals surface area contributed by atoms with Gasteiger partial charge in [-0.2, -0.15) is 0 Å². The zero-order chi connectivity index (χ0) is 18.3. The number of aromatic nitrogens is 3. The molecule has 1 aliphatic carbocycles. The van der Waals surface area contributed by atoms with Crippen LogP contribution in [0.5, 0.6) is 0 Å². The third kappa shape index (κ3) is 2.81. The van der Waals surface area contributed by atoms with Gasteiger partial charge in [0, 0.05) is 12.0 Å². The quantitative estimate of drug-likeness (QED) is 0.711. The number of nitrogens with one attached hydrogen (secondary N) is 1. The predicted octanol–water partition coefficient (Wildman–Crippen LogP) is 4.23. The largest absolute Gasteiger partial charge is 0.466 e. The minimum Gasteiger partial charge on any atom is -0.466 e. The zero-order valence-corrected chi connectivity index (χ0v) is 14.4. The molecule has 1 fully saturated rings. The smallest absolute Gasteiger partial charge is 0.308 e. The van der Waals surface area contributed by atoms with Crippen molar-refractivity contribution >= 4 is 27.9 Å². The summed E-state index contributed by atoms with van der Waals surface area (Å²) in [5, 5.41) is 0.283. The second kappa shape index (κ2) is 6.63. The van der Waals surface area contributed by atoms with Gasteiger partial charge in [0.05, 0.1) is 34.6 Å². The first-order chi connectivity index (χ1) is 12.6. The summed E-state index contributed by atoms with van der Waals surface area (Å²) in [5.41, 5.74) is 2.29. The van der Waals surface area contributed by atoms with E-state index >= 15 is 0 Å². The van der Waals surface area contributed by atoms with Crippen molar-refractivity contribution in [2.75, 3.05) is 6.61 Å². The second-order valence-corrected chi connectivity index (χ2v) is 6.72. The highest BCUT2D eigenvalue weighted by Crippen LogP contribution is 2.39. The molecule has 4 rings (SSSR count). The van der Waals surface area contributed by atoms with Gasteiger partial charge in [-0.25, -0.2) is 18.7 Å². The molecule has 2 heterocycles. The fourth-order valence-corrected chi connectivity index (χ4v) is 3.93. The molecule has 1 aromatic carbocycles. The highest BCUT2D eigenvalue weighted by atomic mass is 19.1. The summed E-state index contributed by atoms with van der Waals surface area (Å²) in [4.78, 5) is 23.6. The van der Waals surface area contributed by atoms with Crippen LogP contribution in [0.1, 0.15) is 44.2 Å². The Labute approximate surface area is 148 Å². The highest BCUT2D eigenvalue weighted by molar-refractivity contribution is 6.05. The Kier molecular flexibility index (Phi) is 4.30. The van der Waals surface area contributed by atoms with Gasteiger partial charge < -0.3 is 9.72 Å². The molecule has 0 bridgehead atoms. The number of benzene rings is 1. The van der Waals surface area contributed by atoms with Crippen LogP contribution in [0.25, 0.3) is 21.9 Å². The van der Waals surface area contributed by atoms with Crippen LogP contribution in [-0.2, 0) is 9.53 Å². The summed E-state index contributed by atoms with van der Waals surface area (Å²) in [7, 11) is 0. The van der Waals surface area contributed by atoms with Crippen molar-refractivity contribution < 1.29 is 18.3 Å². The SMILES string of the molecule is CCOC(=O)C1CCC(c2ncnc3c2[nH]c2cc(F)cc(F)c23)CC1. The Morgan fingerprint density at radius 2 is 2.00 bits per heavy atom. The standard InChI is InChI=1S/C19H19F2N3O2/c1-2-26-19(25)11-5-3-10(4-6-11)16-18-17(23-9-22-16)15-13(21)7-12(20)8-14(15)24-18/h7-11,24H,2-6H2,1H3. The Morgan fingerprint density at radius 1 is 1.23 bits per heavy atom. The third-order valence-electron chi connectivity index (χ3n) is 5.16. The Bertz CT molecular complexity index is 978. The summed E-state index contributed by atoms with van der Waals surface area (Å²) in [5.74, 6) is -1.33. The molecule has 0 unspecified atom stereocenters. The fraction of sp³-hybridized carbons (Fsp3) is 0.421. The molecule has 5 nitrogen and oxygen atoms in total. The number of fused-ring (bicyclic) bond motifs is 3. The number of carbonyl (C=O) groups excluding carboxylic acids is 1. The molecule has 2 aromatic heterocycles. The van der Waals surface area contributed by atoms with Crippen LogP contribution in [0.3, 0.4) is 0 Å². The molecule has 1 N–H and O–H groups in total. The first kappa shape index (κ1) is 16.9. The summed E-state index contributed by atoms with van der Waals surface area (Å²) in [6.45, 7) is 2.20. The number of hydrogen-bond acceptors (Lipinski definition) is 4. The maximum absolute atomic E-state index is 14.2. The van der Waals surface area contributed by atoms with Crippen molar-refractivity contribution in [1.29, 1.82) is 0 Å². The summed E-state index contributed by atoms with van der Waals surface area (Å²) < 4.78 is 32.9. The summed E-state index contributed by atoms with van der Waals surface area (Å²) >= 11 is 0. The molecule has 7 heteroatoms. The van der Waals surface area contributed by atoms with Gasteiger partial charge in [-0.3, -0.25) is 4.79 Å². The van der Waals surface area contributed by atoms with E-state index in [4.69, 9.17) is 4.74 Å². The van der Waals surface area contributed by atoms with Crippen LogP contribution in [-0.4, -0.2) is 27.5 Å². The van der Waals surface area contributed by atoms with Crippen LogP contribution in [0.2, 0.25) is 0 Å². The Balaban J connectivity index is 1.68. The van der Waals surface area contributed by atoms with Crippen LogP contribution in [0, 0.1) is 17.6 Å². The van der Waals surface area contributed by atoms with E-state index in [2.05, 4.69) is 15.0 Å². The van der Waals surface area contributed by atoms with Gasteiger partial charge in [0.15, 0.2) is 0 Å². The van der Waals surface area contributed by atoms with Crippen molar-refractivity contribution in [3.8, 4) is 0 Å². The number of esters is 1. The van der Waals surface area contributed by atoms with Crippen molar-refractivity contribution in [3.63, 3.8) is 0 Å². The maximum atomic E-state index is 14.2. The minimum absolute atomic E-state index is 0.0715. The molecule has 0 amide bonds. The second-order valence-electron chi connectivity index (χ2n) is 6.72. The van der Waals surface area contributed by atoms with Gasteiger partial charge in [0.25, 0.3) is 0 Å². The van der Waals surface area contributed by atoms with Gasteiger partial charge in [-0.15, -0.1) is 0 Å². The highest BCUT2D eigenvalue weighted by Gasteiger charge is 2.30. The van der Waals surface area contributed by atoms with Crippen molar-refractivity contribution in [1.82, 2.24) is 15.0 Å². The number of aromatic amines is 1. The summed E-state index contributed by atoms with van der Waals surface area (Å²) in [6.07, 6.45) is 4.48. The molecule has 0 atom stereocenters. The van der Waals surface area contributed by atoms with E-state index in [-0.39, 0.29) is 23.2 Å². The van der Waals surface area contributed by atoms with Crippen LogP contribution >= 0.6 is 0 Å². The molecular formula is C19H19F2N3O2. The number of nitrogens with zero attached hydrogens (tertiary/aromatic N) is 2. The Morgan fingerprint density at radius 3 is 2.73 bits per heavy atom. The van der Waals surface area contributed by atoms with E-state index in [1.54, 1.807) is 6.92 Å². The molecule has 0 spiro atoms. The first-order valence-corrected chi connectivity index (χ1v) is 8.86. The van der Waals surface area contributed by atoms with Crippen LogP contribution in [0.4, 0.5) is 8.78 Å². The van der Waals surface area contributed by atoms with E-state index in [1.807, 2.05) is 0 Å². The van der Waals surface area contributed by atoms with E-state index in [1.165, 1.54) is 12.4 Å². The first-order valence-electron chi connectivity index (χ1n) is 8.86. The van der Waals surface area contributed by atoms with Crippen molar-refractivity contribution in [2.24, 2.45) is 5.92 Å². The van der Waals surface area contributed by atoms with E-state index in [9.17, 15) is 13.6 Å². The van der Waals surface area contributed by atoms with Crippen molar-refractivity contribution in [3.05, 3.63) is 35.8 Å². The number of H-pyrrole nitrogens is 1. The van der Waals surface area contributed by atoms with E-state index in [0.717, 1.165) is 37.4 Å². The van der Waals surface area contributed by atoms with Crippen LogP contribution < -0.4 is 0 Å². The van der Waals surface area contributed by atoms with E-state index < -0.39 is 11.6 Å². The lowest BCUT2D eigenvalue weighted by molar-refractivity contribution is -0.149. The molecule has 1 aliphatic rings. The van der Waals surface area contributed by atoms with E-state index in [0.29, 0.717) is 23.2 Å². The van der Waals surface area contributed by atoms with Gasteiger partial charge in [-0.05, 0) is 38.7 Å². The molecule has 26 heavy (non-hydrogen) atoms. The number of carbonyl (C=O) groups is 1. The number of hydrogen-bond donors (Lipinski definition) is 1. The average Bonchev–Trinajstić information content (AvgIpc) is 3.00. The fourth-order valence-electron chi connectivity index (χ4n) is 3.93. The topological polar surface area (TPSA) is 67.9 Å². The third-order valence-corrected chi connectivity index (χ3v) is 5.16. The molecule has 136 valence electrons. The maximum Gasteiger partial charge on any atom is 0.308 e. The number of ether oxygens (including phenoxy) is 1. The number of halogens is 2. The Hall–Kier alpha value is -2.57.